The molecule has 5 aromatic carbocycles. The molecule has 1 aromatic heterocycles. The molecule has 6 aromatic rings. The van der Waals surface area contributed by atoms with Gasteiger partial charge in [0.25, 0.3) is 15.9 Å². The summed E-state index contributed by atoms with van der Waals surface area (Å²) >= 11 is 0. The van der Waals surface area contributed by atoms with E-state index < -0.39 is 134 Å². The molecular weight excluding hydrogens is 933 g/mol. The molecule has 7 rings (SSSR count). The summed E-state index contributed by atoms with van der Waals surface area (Å²) in [5.74, 6) is -13.0. The number of para-hydroxylation sites is 3. The van der Waals surface area contributed by atoms with E-state index in [-0.39, 0.29) is 37.7 Å². The van der Waals surface area contributed by atoms with Crippen LogP contribution in [-0.2, 0) is 49.2 Å². The predicted molar refractivity (Wildman–Crippen MR) is 220 cm³/mol. The number of carbonyl (C=O) groups is 6. The number of sulfonamides is 1. The number of hydrogen-bond acceptors (Lipinski definition) is 23. The maximum atomic E-state index is 15.4. The van der Waals surface area contributed by atoms with Crippen LogP contribution >= 0.6 is 0 Å². The second-order valence-electron chi connectivity index (χ2n) is 13.7. The van der Waals surface area contributed by atoms with E-state index in [4.69, 9.17) is 10.8 Å². The van der Waals surface area contributed by atoms with Crippen LogP contribution in [0.5, 0.6) is 0 Å². The molecule has 0 spiro atoms. The van der Waals surface area contributed by atoms with Crippen LogP contribution in [0, 0.1) is 10.8 Å². The number of sulfone groups is 1. The van der Waals surface area contributed by atoms with E-state index in [1.54, 1.807) is 12.1 Å². The minimum atomic E-state index is -6.29. The third kappa shape index (κ3) is 8.02. The third-order valence-electron chi connectivity index (χ3n) is 9.98. The third-order valence-corrected chi connectivity index (χ3v) is 13.6. The second kappa shape index (κ2) is 18.2. The zero-order chi connectivity index (χ0) is 48.5. The molecule has 1 aliphatic rings. The van der Waals surface area contributed by atoms with Gasteiger partial charge in [-0.15, -0.1) is 0 Å². The van der Waals surface area contributed by atoms with Crippen LogP contribution in [0.4, 0.5) is 5.69 Å². The summed E-state index contributed by atoms with van der Waals surface area (Å²) in [5, 5.41) is 55.1. The standard InChI is InChI=1S/C41H26N4O20S2/c42-24-15-17-29(43)64-65-41(51)34-31(38(48)61-53)23(24)18-28(32(34)39(49)62-54)66(56,57)35-22(37(47)60-52)14-16-27(33(35)40(50)63-55)67(58,59)45(19-8-2-1-3-9-19)36(46)30-20-10-4-6-12-25(20)44-26-13-7-5-11-21(26)30/h1-14,16,18,42-43,52-55H,15,17H2. The van der Waals surface area contributed by atoms with Crippen molar-refractivity contribution < 1.29 is 96.0 Å². The lowest BCUT2D eigenvalue weighted by atomic mass is 9.91. The van der Waals surface area contributed by atoms with Crippen molar-refractivity contribution in [2.24, 2.45) is 0 Å². The number of hydrogen-bond donors (Lipinski definition) is 6. The summed E-state index contributed by atoms with van der Waals surface area (Å²) in [6.07, 6.45) is -1.27. The first-order valence-electron chi connectivity index (χ1n) is 18.5. The highest BCUT2D eigenvalue weighted by molar-refractivity contribution is 7.94. The van der Waals surface area contributed by atoms with Crippen molar-refractivity contribution in [3.63, 3.8) is 0 Å². The highest BCUT2D eigenvalue weighted by Crippen LogP contribution is 2.41. The van der Waals surface area contributed by atoms with E-state index in [9.17, 15) is 45.0 Å². The van der Waals surface area contributed by atoms with Crippen LogP contribution in [0.2, 0.25) is 0 Å². The number of aromatic nitrogens is 1. The molecule has 0 fully saturated rings. The van der Waals surface area contributed by atoms with E-state index in [0.29, 0.717) is 12.1 Å². The molecule has 0 unspecified atom stereocenters. The normalized spacial score (nSPS) is 12.9. The lowest BCUT2D eigenvalue weighted by Gasteiger charge is -2.26. The largest absolute Gasteiger partial charge is 0.388 e. The fourth-order valence-corrected chi connectivity index (χ4v) is 10.7. The summed E-state index contributed by atoms with van der Waals surface area (Å²) in [4.78, 5) is 106. The molecule has 0 saturated carbocycles. The first-order chi connectivity index (χ1) is 31.9. The Morgan fingerprint density at radius 3 is 1.73 bits per heavy atom. The van der Waals surface area contributed by atoms with Crippen LogP contribution < -0.4 is 4.31 Å². The van der Waals surface area contributed by atoms with Crippen LogP contribution in [0.1, 0.15) is 80.6 Å². The number of fused-ring (bicyclic) bond motifs is 4. The van der Waals surface area contributed by atoms with Crippen molar-refractivity contribution in [2.75, 3.05) is 4.31 Å². The lowest BCUT2D eigenvalue weighted by molar-refractivity contribution is -0.184. The van der Waals surface area contributed by atoms with Crippen LogP contribution in [0.3, 0.4) is 0 Å². The van der Waals surface area contributed by atoms with Gasteiger partial charge in [0.05, 0.1) is 49.4 Å². The molecule has 6 N–H and O–H groups in total. The smallest absolute Gasteiger partial charge is 0.305 e. The van der Waals surface area contributed by atoms with Gasteiger partial charge in [-0.1, -0.05) is 54.6 Å². The van der Waals surface area contributed by atoms with Gasteiger partial charge in [-0.3, -0.25) is 34.6 Å². The summed E-state index contributed by atoms with van der Waals surface area (Å²) in [6, 6.07) is 19.4. The molecule has 1 amide bonds. The Kier molecular flexibility index (Phi) is 12.6. The van der Waals surface area contributed by atoms with Gasteiger partial charge >= 0.3 is 29.8 Å². The highest BCUT2D eigenvalue weighted by Gasteiger charge is 2.46. The number of rotatable bonds is 10. The molecule has 26 heteroatoms. The van der Waals surface area contributed by atoms with Crippen molar-refractivity contribution in [2.45, 2.75) is 27.5 Å². The Balaban J connectivity index is 1.62. The number of nitrogens with zero attached hydrogens (tertiary/aromatic N) is 2. The Bertz CT molecular complexity index is 3340. The number of nitrogens with one attached hydrogen (secondary N) is 2. The fraction of sp³-hybridized carbons (Fsp3) is 0.0488. The minimum Gasteiger partial charge on any atom is -0.305 e. The first kappa shape index (κ1) is 46.5. The van der Waals surface area contributed by atoms with Crippen molar-refractivity contribution in [3.05, 3.63) is 136 Å². The molecule has 0 saturated heterocycles. The Morgan fingerprint density at radius 1 is 0.612 bits per heavy atom. The topological polar surface area (TPSA) is 371 Å². The Hall–Kier alpha value is -8.53. The maximum Gasteiger partial charge on any atom is 0.388 e. The van der Waals surface area contributed by atoms with Crippen molar-refractivity contribution >= 4 is 94.7 Å². The molecule has 0 aliphatic carbocycles. The summed E-state index contributed by atoms with van der Waals surface area (Å²) in [5.41, 5.74) is -10.3. The highest BCUT2D eigenvalue weighted by atomic mass is 32.2. The van der Waals surface area contributed by atoms with E-state index in [0.717, 1.165) is 12.1 Å². The fourth-order valence-electron chi connectivity index (χ4n) is 7.18. The van der Waals surface area contributed by atoms with E-state index in [2.05, 4.69) is 34.3 Å². The van der Waals surface area contributed by atoms with E-state index in [1.807, 2.05) is 0 Å². The molecule has 2 bridgehead atoms. The van der Waals surface area contributed by atoms with Crippen LogP contribution in [0.15, 0.2) is 112 Å². The molecule has 24 nitrogen and oxygen atoms in total. The minimum absolute atomic E-state index is 0.107. The summed E-state index contributed by atoms with van der Waals surface area (Å²) < 4.78 is 61.5. The van der Waals surface area contributed by atoms with Crippen molar-refractivity contribution in [3.8, 4) is 0 Å². The van der Waals surface area contributed by atoms with Gasteiger partial charge in [0.1, 0.15) is 15.4 Å². The van der Waals surface area contributed by atoms with Gasteiger partial charge in [0.2, 0.25) is 15.7 Å². The summed E-state index contributed by atoms with van der Waals surface area (Å²) in [7, 11) is -12.1. The lowest BCUT2D eigenvalue weighted by Crippen LogP contribution is -2.38. The van der Waals surface area contributed by atoms with E-state index >= 15 is 21.6 Å². The van der Waals surface area contributed by atoms with Gasteiger partial charge in [0.15, 0.2) is 0 Å². The Labute approximate surface area is 373 Å². The van der Waals surface area contributed by atoms with Gasteiger partial charge < -0.3 is 5.41 Å². The van der Waals surface area contributed by atoms with Gasteiger partial charge in [-0.25, -0.2) is 50.7 Å². The molecule has 0 atom stereocenters. The molecule has 1 aliphatic heterocycles. The molecular formula is C41H26N4O20S2. The molecule has 67 heavy (non-hydrogen) atoms. The molecule has 0 radical (unpaired) electrons. The second-order valence-corrected chi connectivity index (χ2v) is 17.3. The quantitative estimate of drug-likeness (QED) is 0.0455. The maximum absolute atomic E-state index is 15.4. The predicted octanol–water partition coefficient (Wildman–Crippen LogP) is 5.00. The monoisotopic (exact) mass is 958 g/mol. The zero-order valence-electron chi connectivity index (χ0n) is 33.2. The Morgan fingerprint density at radius 2 is 1.15 bits per heavy atom. The van der Waals surface area contributed by atoms with Gasteiger partial charge in [-0.05, 0) is 48.9 Å². The number of pyridine rings is 1. The van der Waals surface area contributed by atoms with Crippen LogP contribution in [0.25, 0.3) is 21.8 Å². The number of benzene rings is 5. The average Bonchev–Trinajstić information content (AvgIpc) is 3.34. The van der Waals surface area contributed by atoms with Gasteiger partial charge in [0, 0.05) is 28.5 Å². The number of carbonyl (C=O) groups excluding carboxylic acids is 6. The first-order valence-corrected chi connectivity index (χ1v) is 21.4. The summed E-state index contributed by atoms with van der Waals surface area (Å²) in [6.45, 7) is 0. The molecule has 342 valence electrons. The molecule has 2 heterocycles. The number of amides is 1. The van der Waals surface area contributed by atoms with Crippen LogP contribution in [-0.4, -0.2) is 90.2 Å². The average molecular weight is 959 g/mol. The SMILES string of the molecule is N=C1CCC(=N)c2cc(S(=O)(=O)c3c(C(=O)OO)ccc(S(=O)(=O)N(C(=O)c4c5ccccc5nc5ccccc45)c4ccccc4)c3C(=O)OO)c(C(=O)OO)c(c2C(=O)OO)C(=O)OO1. The zero-order valence-corrected chi connectivity index (χ0v) is 34.8. The van der Waals surface area contributed by atoms with Crippen molar-refractivity contribution in [1.29, 1.82) is 10.8 Å². The van der Waals surface area contributed by atoms with Gasteiger partial charge in [-0.2, -0.15) is 25.3 Å². The van der Waals surface area contributed by atoms with E-state index in [1.165, 1.54) is 54.6 Å². The number of anilines is 1. The van der Waals surface area contributed by atoms with Crippen molar-refractivity contribution in [1.82, 2.24) is 4.98 Å².